The maximum absolute atomic E-state index is 9.78. The molecule has 0 aliphatic heterocycles. The van der Waals surface area contributed by atoms with Crippen molar-refractivity contribution in [1.29, 1.82) is 0 Å². The van der Waals surface area contributed by atoms with E-state index < -0.39 is 0 Å². The summed E-state index contributed by atoms with van der Waals surface area (Å²) in [5, 5.41) is 13.5. The second-order valence-electron chi connectivity index (χ2n) is 3.95. The molecule has 2 N–H and O–H groups in total. The highest BCUT2D eigenvalue weighted by Gasteiger charge is 2.22. The Hall–Kier alpha value is -0.800. The molecule has 1 aliphatic carbocycles. The lowest BCUT2D eigenvalue weighted by Gasteiger charge is -2.28. The van der Waals surface area contributed by atoms with E-state index in [4.69, 9.17) is 11.6 Å². The van der Waals surface area contributed by atoms with Gasteiger partial charge in [0.15, 0.2) is 0 Å². The predicted octanol–water partition coefficient (Wildman–Crippen LogP) is 2.45. The van der Waals surface area contributed by atoms with Crippen molar-refractivity contribution in [3.8, 4) is 0 Å². The van der Waals surface area contributed by atoms with E-state index in [9.17, 15) is 5.11 Å². The van der Waals surface area contributed by atoms with Gasteiger partial charge in [-0.1, -0.05) is 30.5 Å². The third-order valence-corrected chi connectivity index (χ3v) is 2.99. The van der Waals surface area contributed by atoms with Crippen molar-refractivity contribution in [3.05, 3.63) is 23.4 Å². The number of halogens is 1. The van der Waals surface area contributed by atoms with Crippen LogP contribution >= 0.6 is 11.6 Å². The number of pyridine rings is 1. The van der Waals surface area contributed by atoms with E-state index in [2.05, 4.69) is 10.3 Å². The third-order valence-electron chi connectivity index (χ3n) is 2.78. The molecule has 0 spiro atoms. The molecule has 0 saturated heterocycles. The first-order valence-electron chi connectivity index (χ1n) is 5.33. The van der Waals surface area contributed by atoms with Crippen molar-refractivity contribution in [1.82, 2.24) is 4.98 Å². The average Bonchev–Trinajstić information content (AvgIpc) is 2.22. The van der Waals surface area contributed by atoms with Crippen LogP contribution in [-0.2, 0) is 0 Å². The fourth-order valence-electron chi connectivity index (χ4n) is 1.96. The molecule has 2 unspecified atom stereocenters. The highest BCUT2D eigenvalue weighted by molar-refractivity contribution is 6.29. The first-order valence-corrected chi connectivity index (χ1v) is 5.70. The Labute approximate surface area is 94.5 Å². The van der Waals surface area contributed by atoms with Gasteiger partial charge in [0.1, 0.15) is 11.0 Å². The highest BCUT2D eigenvalue weighted by Crippen LogP contribution is 2.21. The minimum Gasteiger partial charge on any atom is -0.391 e. The quantitative estimate of drug-likeness (QED) is 0.762. The molecule has 1 aliphatic rings. The van der Waals surface area contributed by atoms with E-state index >= 15 is 0 Å². The van der Waals surface area contributed by atoms with Crippen LogP contribution in [0.4, 0.5) is 5.82 Å². The zero-order valence-corrected chi connectivity index (χ0v) is 9.24. The molecule has 82 valence electrons. The summed E-state index contributed by atoms with van der Waals surface area (Å²) >= 11 is 5.79. The average molecular weight is 227 g/mol. The number of rotatable bonds is 2. The first-order chi connectivity index (χ1) is 7.25. The van der Waals surface area contributed by atoms with E-state index in [0.717, 1.165) is 31.5 Å². The Balaban J connectivity index is 2.01. The second kappa shape index (κ2) is 4.81. The van der Waals surface area contributed by atoms with Crippen molar-refractivity contribution >= 4 is 17.4 Å². The van der Waals surface area contributed by atoms with Crippen LogP contribution in [0.5, 0.6) is 0 Å². The normalized spacial score (nSPS) is 26.3. The Morgan fingerprint density at radius 3 is 2.87 bits per heavy atom. The van der Waals surface area contributed by atoms with Crippen molar-refractivity contribution < 1.29 is 5.11 Å². The number of anilines is 1. The Bertz CT molecular complexity index is 332. The van der Waals surface area contributed by atoms with Gasteiger partial charge in [0.25, 0.3) is 0 Å². The summed E-state index contributed by atoms with van der Waals surface area (Å²) in [6, 6.07) is 5.58. The summed E-state index contributed by atoms with van der Waals surface area (Å²) in [6.07, 6.45) is 3.88. The highest BCUT2D eigenvalue weighted by atomic mass is 35.5. The van der Waals surface area contributed by atoms with Gasteiger partial charge in [-0.3, -0.25) is 0 Å². The molecule has 1 heterocycles. The van der Waals surface area contributed by atoms with Crippen LogP contribution in [-0.4, -0.2) is 22.2 Å². The monoisotopic (exact) mass is 226 g/mol. The topological polar surface area (TPSA) is 45.1 Å². The van der Waals surface area contributed by atoms with Gasteiger partial charge in [0.05, 0.1) is 12.1 Å². The van der Waals surface area contributed by atoms with Crippen LogP contribution in [0, 0.1) is 0 Å². The molecule has 2 rings (SSSR count). The van der Waals surface area contributed by atoms with Gasteiger partial charge < -0.3 is 10.4 Å². The lowest BCUT2D eigenvalue weighted by molar-refractivity contribution is 0.116. The largest absolute Gasteiger partial charge is 0.391 e. The van der Waals surface area contributed by atoms with E-state index in [1.165, 1.54) is 0 Å². The van der Waals surface area contributed by atoms with E-state index in [0.29, 0.717) is 5.15 Å². The number of hydrogen-bond donors (Lipinski definition) is 2. The minimum absolute atomic E-state index is 0.115. The summed E-state index contributed by atoms with van der Waals surface area (Å²) < 4.78 is 0. The Morgan fingerprint density at radius 1 is 1.33 bits per heavy atom. The van der Waals surface area contributed by atoms with Crippen LogP contribution < -0.4 is 5.32 Å². The number of aliphatic hydroxyl groups excluding tert-OH is 1. The molecule has 0 bridgehead atoms. The molecule has 0 amide bonds. The molecular formula is C11H15ClN2O. The molecule has 3 nitrogen and oxygen atoms in total. The van der Waals surface area contributed by atoms with Crippen LogP contribution in [0.2, 0.25) is 5.15 Å². The van der Waals surface area contributed by atoms with Crippen LogP contribution in [0.1, 0.15) is 25.7 Å². The van der Waals surface area contributed by atoms with Crippen molar-refractivity contribution in [2.45, 2.75) is 37.8 Å². The standard InChI is InChI=1S/C11H15ClN2O/c12-10-6-3-7-11(14-10)13-8-4-1-2-5-9(8)15/h3,6-9,15H,1-2,4-5H2,(H,13,14). The van der Waals surface area contributed by atoms with Crippen molar-refractivity contribution in [2.24, 2.45) is 0 Å². The first kappa shape index (κ1) is 10.7. The van der Waals surface area contributed by atoms with Gasteiger partial charge >= 0.3 is 0 Å². The van der Waals surface area contributed by atoms with Gasteiger partial charge in [-0.15, -0.1) is 0 Å². The fourth-order valence-corrected chi connectivity index (χ4v) is 2.12. The zero-order valence-electron chi connectivity index (χ0n) is 8.49. The smallest absolute Gasteiger partial charge is 0.131 e. The van der Waals surface area contributed by atoms with Crippen molar-refractivity contribution in [2.75, 3.05) is 5.32 Å². The van der Waals surface area contributed by atoms with Gasteiger partial charge in [-0.2, -0.15) is 0 Å². The molecule has 1 saturated carbocycles. The number of nitrogens with one attached hydrogen (secondary N) is 1. The lowest BCUT2D eigenvalue weighted by atomic mass is 9.92. The number of aromatic nitrogens is 1. The maximum Gasteiger partial charge on any atom is 0.131 e. The fraction of sp³-hybridized carbons (Fsp3) is 0.545. The minimum atomic E-state index is -0.264. The summed E-state index contributed by atoms with van der Waals surface area (Å²) in [6.45, 7) is 0. The van der Waals surface area contributed by atoms with E-state index in [1.54, 1.807) is 6.07 Å². The van der Waals surface area contributed by atoms with Crippen LogP contribution in [0.15, 0.2) is 18.2 Å². The van der Waals surface area contributed by atoms with Gasteiger partial charge in [0, 0.05) is 0 Å². The summed E-state index contributed by atoms with van der Waals surface area (Å²) in [7, 11) is 0. The molecule has 4 heteroatoms. The molecular weight excluding hydrogens is 212 g/mol. The number of hydrogen-bond acceptors (Lipinski definition) is 3. The summed E-state index contributed by atoms with van der Waals surface area (Å²) in [5.41, 5.74) is 0. The zero-order chi connectivity index (χ0) is 10.7. The van der Waals surface area contributed by atoms with E-state index in [-0.39, 0.29) is 12.1 Å². The lowest BCUT2D eigenvalue weighted by Crippen LogP contribution is -2.36. The molecule has 1 aromatic heterocycles. The van der Waals surface area contributed by atoms with Crippen LogP contribution in [0.3, 0.4) is 0 Å². The third kappa shape index (κ3) is 2.83. The van der Waals surface area contributed by atoms with Gasteiger partial charge in [-0.25, -0.2) is 4.98 Å². The molecule has 1 fully saturated rings. The van der Waals surface area contributed by atoms with Crippen LogP contribution in [0.25, 0.3) is 0 Å². The maximum atomic E-state index is 9.78. The second-order valence-corrected chi connectivity index (χ2v) is 4.34. The van der Waals surface area contributed by atoms with E-state index in [1.807, 2.05) is 12.1 Å². The molecule has 1 aromatic rings. The molecule has 0 aromatic carbocycles. The van der Waals surface area contributed by atoms with Gasteiger partial charge in [-0.05, 0) is 25.0 Å². The van der Waals surface area contributed by atoms with Crippen molar-refractivity contribution in [3.63, 3.8) is 0 Å². The predicted molar refractivity (Wildman–Crippen MR) is 61.1 cm³/mol. The number of aliphatic hydroxyl groups is 1. The SMILES string of the molecule is OC1CCCCC1Nc1cccc(Cl)n1. The Kier molecular flexibility index (Phi) is 3.44. The van der Waals surface area contributed by atoms with Gasteiger partial charge in [0.2, 0.25) is 0 Å². The Morgan fingerprint density at radius 2 is 2.13 bits per heavy atom. The molecule has 2 atom stereocenters. The molecule has 0 radical (unpaired) electrons. The summed E-state index contributed by atoms with van der Waals surface area (Å²) in [4.78, 5) is 4.14. The number of nitrogens with zero attached hydrogens (tertiary/aromatic N) is 1. The summed E-state index contributed by atoms with van der Waals surface area (Å²) in [5.74, 6) is 0.744. The molecule has 15 heavy (non-hydrogen) atoms.